The third-order valence-electron chi connectivity index (χ3n) is 2.86. The quantitative estimate of drug-likeness (QED) is 0.819. The molecule has 0 saturated heterocycles. The van der Waals surface area contributed by atoms with Gasteiger partial charge < -0.3 is 15.4 Å². The van der Waals surface area contributed by atoms with Crippen LogP contribution in [-0.2, 0) is 6.54 Å². The van der Waals surface area contributed by atoms with Crippen LogP contribution in [0.1, 0.15) is 41.5 Å². The van der Waals surface area contributed by atoms with E-state index in [4.69, 9.17) is 4.74 Å². The predicted octanol–water partition coefficient (Wildman–Crippen LogP) is 2.27. The van der Waals surface area contributed by atoms with Crippen molar-refractivity contribution in [3.05, 3.63) is 22.5 Å². The van der Waals surface area contributed by atoms with E-state index in [0.717, 1.165) is 0 Å². The Morgan fingerprint density at radius 2 is 1.84 bits per heavy atom. The van der Waals surface area contributed by atoms with Crippen LogP contribution >= 0.6 is 0 Å². The summed E-state index contributed by atoms with van der Waals surface area (Å²) in [6.45, 7) is 12.3. The molecule has 0 aliphatic heterocycles. The molecule has 0 radical (unpaired) electrons. The molecule has 2 rings (SSSR count). The van der Waals surface area contributed by atoms with Crippen molar-refractivity contribution in [2.75, 3.05) is 10.6 Å². The van der Waals surface area contributed by atoms with Crippen LogP contribution in [0, 0.1) is 0 Å². The molecular formula is C16H25N7O2. The molecule has 0 unspecified atom stereocenters. The summed E-state index contributed by atoms with van der Waals surface area (Å²) < 4.78 is 6.94. The summed E-state index contributed by atoms with van der Waals surface area (Å²) in [5.41, 5.74) is -0.413. The van der Waals surface area contributed by atoms with Gasteiger partial charge in [-0.25, -0.2) is 4.68 Å². The van der Waals surface area contributed by atoms with Gasteiger partial charge >= 0.3 is 6.01 Å². The largest absolute Gasteiger partial charge is 0.403 e. The number of anilines is 2. The van der Waals surface area contributed by atoms with Crippen LogP contribution < -0.4 is 20.9 Å². The standard InChI is InChI=1S/C16H25N7O2/c1-7-23-12(24)9-8-11(22-23)25-15-19-13(17-10(2)3)18-14(20-15)21-16(4,5)6/h8-10H,7H2,1-6H3,(H2,17,18,19,20,21). The van der Waals surface area contributed by atoms with Gasteiger partial charge in [-0.15, -0.1) is 5.10 Å². The Labute approximate surface area is 146 Å². The molecule has 2 N–H and O–H groups in total. The minimum Gasteiger partial charge on any atom is -0.403 e. The molecule has 2 aromatic heterocycles. The maximum absolute atomic E-state index is 11.6. The lowest BCUT2D eigenvalue weighted by Gasteiger charge is -2.21. The SMILES string of the molecule is CCn1nc(Oc2nc(NC(C)C)nc(NC(C)(C)C)n2)ccc1=O. The van der Waals surface area contributed by atoms with Gasteiger partial charge in [0.1, 0.15) is 0 Å². The molecule has 9 heteroatoms. The normalized spacial score (nSPS) is 11.5. The van der Waals surface area contributed by atoms with Crippen molar-refractivity contribution in [1.82, 2.24) is 24.7 Å². The molecule has 0 aromatic carbocycles. The highest BCUT2D eigenvalue weighted by molar-refractivity contribution is 5.38. The highest BCUT2D eigenvalue weighted by Crippen LogP contribution is 2.19. The van der Waals surface area contributed by atoms with Crippen LogP contribution in [0.5, 0.6) is 11.9 Å². The van der Waals surface area contributed by atoms with Crippen molar-refractivity contribution in [3.8, 4) is 11.9 Å². The van der Waals surface area contributed by atoms with Gasteiger partial charge in [0.2, 0.25) is 17.8 Å². The Morgan fingerprint density at radius 3 is 2.44 bits per heavy atom. The Kier molecular flexibility index (Phi) is 5.55. The Morgan fingerprint density at radius 1 is 1.16 bits per heavy atom. The zero-order valence-electron chi connectivity index (χ0n) is 15.5. The van der Waals surface area contributed by atoms with Crippen LogP contribution in [0.3, 0.4) is 0 Å². The van der Waals surface area contributed by atoms with Crippen LogP contribution in [0.25, 0.3) is 0 Å². The molecule has 0 bridgehead atoms. The van der Waals surface area contributed by atoms with Crippen molar-refractivity contribution in [2.45, 2.75) is 59.7 Å². The van der Waals surface area contributed by atoms with Crippen molar-refractivity contribution in [3.63, 3.8) is 0 Å². The minimum absolute atomic E-state index is 0.0960. The lowest BCUT2D eigenvalue weighted by Crippen LogP contribution is -2.28. The Hall–Kier alpha value is -2.71. The second-order valence-electron chi connectivity index (χ2n) is 6.87. The molecule has 0 aliphatic rings. The summed E-state index contributed by atoms with van der Waals surface area (Å²) in [6.07, 6.45) is 0. The first-order valence-electron chi connectivity index (χ1n) is 8.23. The maximum Gasteiger partial charge on any atom is 0.330 e. The van der Waals surface area contributed by atoms with E-state index in [1.54, 1.807) is 0 Å². The van der Waals surface area contributed by atoms with Crippen LogP contribution in [-0.4, -0.2) is 36.3 Å². The lowest BCUT2D eigenvalue weighted by molar-refractivity contribution is 0.401. The van der Waals surface area contributed by atoms with Gasteiger partial charge in [-0.2, -0.15) is 15.0 Å². The third kappa shape index (κ3) is 5.70. The summed E-state index contributed by atoms with van der Waals surface area (Å²) in [4.78, 5) is 24.5. The van der Waals surface area contributed by atoms with Crippen molar-refractivity contribution >= 4 is 11.9 Å². The van der Waals surface area contributed by atoms with Gasteiger partial charge in [0.25, 0.3) is 5.56 Å². The molecule has 2 aromatic rings. The predicted molar refractivity (Wildman–Crippen MR) is 96.2 cm³/mol. The minimum atomic E-state index is -0.221. The van der Waals surface area contributed by atoms with E-state index in [0.29, 0.717) is 18.4 Å². The topological polar surface area (TPSA) is 107 Å². The number of aromatic nitrogens is 5. The van der Waals surface area contributed by atoms with Crippen LogP contribution in [0.2, 0.25) is 0 Å². The van der Waals surface area contributed by atoms with E-state index >= 15 is 0 Å². The van der Waals surface area contributed by atoms with Gasteiger partial charge in [-0.3, -0.25) is 4.79 Å². The van der Waals surface area contributed by atoms with Crippen LogP contribution in [0.15, 0.2) is 16.9 Å². The molecule has 0 saturated carbocycles. The summed E-state index contributed by atoms with van der Waals surface area (Å²) >= 11 is 0. The number of aryl methyl sites for hydroxylation is 1. The van der Waals surface area contributed by atoms with Gasteiger partial charge in [0, 0.05) is 30.3 Å². The van der Waals surface area contributed by atoms with Gasteiger partial charge in [-0.05, 0) is 41.5 Å². The smallest absolute Gasteiger partial charge is 0.330 e. The average molecular weight is 347 g/mol. The second kappa shape index (κ2) is 7.45. The molecule has 0 amide bonds. The molecule has 0 aliphatic carbocycles. The van der Waals surface area contributed by atoms with Crippen molar-refractivity contribution in [2.24, 2.45) is 0 Å². The van der Waals surface area contributed by atoms with Gasteiger partial charge in [-0.1, -0.05) is 0 Å². The first-order valence-corrected chi connectivity index (χ1v) is 8.23. The first-order chi connectivity index (χ1) is 11.7. The molecule has 9 nitrogen and oxygen atoms in total. The van der Waals surface area contributed by atoms with E-state index in [9.17, 15) is 4.79 Å². The van der Waals surface area contributed by atoms with Gasteiger partial charge in [0.15, 0.2) is 0 Å². The average Bonchev–Trinajstić information content (AvgIpc) is 2.46. The zero-order chi connectivity index (χ0) is 18.6. The monoisotopic (exact) mass is 347 g/mol. The molecule has 0 spiro atoms. The Bertz CT molecular complexity index is 781. The lowest BCUT2D eigenvalue weighted by atomic mass is 10.1. The highest BCUT2D eigenvalue weighted by atomic mass is 16.5. The first kappa shape index (κ1) is 18.6. The zero-order valence-corrected chi connectivity index (χ0v) is 15.5. The van der Waals surface area contributed by atoms with E-state index in [1.165, 1.54) is 16.8 Å². The summed E-state index contributed by atoms with van der Waals surface area (Å²) in [5.74, 6) is 1.03. The maximum atomic E-state index is 11.6. The number of hydrogen-bond donors (Lipinski definition) is 2. The number of nitrogens with one attached hydrogen (secondary N) is 2. The van der Waals surface area contributed by atoms with E-state index in [2.05, 4.69) is 30.7 Å². The highest BCUT2D eigenvalue weighted by Gasteiger charge is 2.15. The fourth-order valence-electron chi connectivity index (χ4n) is 1.92. The van der Waals surface area contributed by atoms with E-state index < -0.39 is 0 Å². The second-order valence-corrected chi connectivity index (χ2v) is 6.87. The third-order valence-corrected chi connectivity index (χ3v) is 2.86. The number of hydrogen-bond acceptors (Lipinski definition) is 8. The van der Waals surface area contributed by atoms with E-state index in [1.807, 2.05) is 41.5 Å². The molecule has 25 heavy (non-hydrogen) atoms. The molecule has 0 fully saturated rings. The molecular weight excluding hydrogens is 322 g/mol. The van der Waals surface area contributed by atoms with Crippen molar-refractivity contribution < 1.29 is 4.74 Å². The van der Waals surface area contributed by atoms with Crippen LogP contribution in [0.4, 0.5) is 11.9 Å². The van der Waals surface area contributed by atoms with E-state index in [-0.39, 0.29) is 29.0 Å². The number of nitrogens with zero attached hydrogens (tertiary/aromatic N) is 5. The fraction of sp³-hybridized carbons (Fsp3) is 0.562. The summed E-state index contributed by atoms with van der Waals surface area (Å²) in [7, 11) is 0. The molecule has 136 valence electrons. The Balaban J connectivity index is 2.34. The van der Waals surface area contributed by atoms with Gasteiger partial charge in [0.05, 0.1) is 0 Å². The summed E-state index contributed by atoms with van der Waals surface area (Å²) in [5, 5.41) is 10.4. The molecule has 0 atom stereocenters. The number of ether oxygens (including phenoxy) is 1. The number of rotatable bonds is 6. The fourth-order valence-corrected chi connectivity index (χ4v) is 1.92. The summed E-state index contributed by atoms with van der Waals surface area (Å²) in [6, 6.07) is 3.14. The molecule has 2 heterocycles. The van der Waals surface area contributed by atoms with Crippen molar-refractivity contribution in [1.29, 1.82) is 0 Å².